The second kappa shape index (κ2) is 3.70. The lowest BCUT2D eigenvalue weighted by molar-refractivity contribution is -0.144. The predicted molar refractivity (Wildman–Crippen MR) is 58.0 cm³/mol. The van der Waals surface area contributed by atoms with E-state index in [-0.39, 0.29) is 17.9 Å². The Hall–Kier alpha value is -0.610. The average Bonchev–Trinajstić information content (AvgIpc) is 2.83. The van der Waals surface area contributed by atoms with Gasteiger partial charge < -0.3 is 10.2 Å². The molecule has 3 rings (SSSR count). The van der Waals surface area contributed by atoms with E-state index < -0.39 is 5.97 Å². The molecule has 3 fully saturated rings. The van der Waals surface area contributed by atoms with E-state index in [2.05, 4.69) is 4.90 Å². The Labute approximate surface area is 95.2 Å². The number of carbonyl (C=O) groups is 1. The van der Waals surface area contributed by atoms with Gasteiger partial charge in [-0.2, -0.15) is 0 Å². The van der Waals surface area contributed by atoms with Gasteiger partial charge in [0.2, 0.25) is 0 Å². The van der Waals surface area contributed by atoms with Crippen LogP contribution in [0.4, 0.5) is 0 Å². The molecular weight excluding hydrogens is 206 g/mol. The summed E-state index contributed by atoms with van der Waals surface area (Å²) in [4.78, 5) is 13.4. The first-order chi connectivity index (χ1) is 7.68. The fourth-order valence-electron chi connectivity index (χ4n) is 4.07. The second-order valence-corrected chi connectivity index (χ2v) is 5.52. The topological polar surface area (TPSA) is 60.8 Å². The molecule has 2 aliphatic heterocycles. The summed E-state index contributed by atoms with van der Waals surface area (Å²) in [6.07, 6.45) is 4.41. The lowest BCUT2D eigenvalue weighted by atomic mass is 9.76. The molecular formula is C12H19NO3. The quantitative estimate of drug-likeness (QED) is 0.689. The van der Waals surface area contributed by atoms with E-state index in [4.69, 9.17) is 5.11 Å². The number of aliphatic hydroxyl groups is 1. The Morgan fingerprint density at radius 1 is 1.19 bits per heavy atom. The highest BCUT2D eigenvalue weighted by Gasteiger charge is 2.52. The Balaban J connectivity index is 1.77. The molecule has 1 saturated carbocycles. The molecule has 0 aromatic rings. The first-order valence-electron chi connectivity index (χ1n) is 6.35. The minimum Gasteiger partial charge on any atom is -0.481 e. The second-order valence-electron chi connectivity index (χ2n) is 5.52. The third-order valence-corrected chi connectivity index (χ3v) is 4.81. The molecule has 0 spiro atoms. The van der Waals surface area contributed by atoms with Gasteiger partial charge >= 0.3 is 5.97 Å². The van der Waals surface area contributed by atoms with Crippen molar-refractivity contribution in [3.8, 4) is 0 Å². The molecule has 16 heavy (non-hydrogen) atoms. The highest BCUT2D eigenvalue weighted by molar-refractivity contribution is 5.70. The number of hydrogen-bond donors (Lipinski definition) is 2. The van der Waals surface area contributed by atoms with Gasteiger partial charge in [0.1, 0.15) is 0 Å². The molecule has 0 radical (unpaired) electrons. The van der Waals surface area contributed by atoms with E-state index >= 15 is 0 Å². The summed E-state index contributed by atoms with van der Waals surface area (Å²) in [5.41, 5.74) is 0. The molecule has 0 aromatic carbocycles. The maximum Gasteiger partial charge on any atom is 0.306 e. The number of carboxylic acid groups (broad SMARTS) is 1. The molecule has 3 aliphatic rings. The Morgan fingerprint density at radius 2 is 2.00 bits per heavy atom. The molecule has 4 nitrogen and oxygen atoms in total. The van der Waals surface area contributed by atoms with Crippen molar-refractivity contribution in [2.24, 2.45) is 11.8 Å². The van der Waals surface area contributed by atoms with Crippen LogP contribution >= 0.6 is 0 Å². The monoisotopic (exact) mass is 225 g/mol. The highest BCUT2D eigenvalue weighted by Crippen LogP contribution is 2.45. The van der Waals surface area contributed by atoms with Gasteiger partial charge in [0, 0.05) is 18.0 Å². The lowest BCUT2D eigenvalue weighted by Gasteiger charge is -2.33. The molecule has 1 aliphatic carbocycles. The zero-order valence-corrected chi connectivity index (χ0v) is 9.38. The number of hydrogen-bond acceptors (Lipinski definition) is 3. The summed E-state index contributed by atoms with van der Waals surface area (Å²) in [7, 11) is 0. The van der Waals surface area contributed by atoms with Crippen LogP contribution in [-0.4, -0.2) is 45.8 Å². The van der Waals surface area contributed by atoms with Crippen LogP contribution in [0.25, 0.3) is 0 Å². The first kappa shape index (κ1) is 10.5. The fraction of sp³-hybridized carbons (Fsp3) is 0.917. The molecule has 2 heterocycles. The summed E-state index contributed by atoms with van der Waals surface area (Å²) in [5.74, 6) is -0.700. The van der Waals surface area contributed by atoms with Gasteiger partial charge in [-0.1, -0.05) is 0 Å². The molecule has 0 unspecified atom stereocenters. The van der Waals surface area contributed by atoms with Gasteiger partial charge in [-0.3, -0.25) is 9.69 Å². The number of fused-ring (bicyclic) bond motifs is 3. The number of aliphatic hydroxyl groups excluding tert-OH is 1. The van der Waals surface area contributed by atoms with Crippen molar-refractivity contribution in [3.63, 3.8) is 0 Å². The van der Waals surface area contributed by atoms with Crippen molar-refractivity contribution in [1.82, 2.24) is 4.90 Å². The Kier molecular flexibility index (Phi) is 2.44. The normalized spacial score (nSPS) is 47.7. The van der Waals surface area contributed by atoms with E-state index in [0.717, 1.165) is 25.8 Å². The number of aliphatic carboxylic acids is 1. The van der Waals surface area contributed by atoms with Crippen LogP contribution in [0.15, 0.2) is 0 Å². The summed E-state index contributed by atoms with van der Waals surface area (Å²) in [6, 6.07) is 0.778. The van der Waals surface area contributed by atoms with Crippen LogP contribution in [0.3, 0.4) is 0 Å². The van der Waals surface area contributed by atoms with Crippen LogP contribution in [0.5, 0.6) is 0 Å². The van der Waals surface area contributed by atoms with Crippen molar-refractivity contribution in [2.45, 2.75) is 50.3 Å². The van der Waals surface area contributed by atoms with Gasteiger partial charge in [-0.05, 0) is 38.6 Å². The zero-order valence-electron chi connectivity index (χ0n) is 9.38. The molecule has 4 heteroatoms. The summed E-state index contributed by atoms with van der Waals surface area (Å²) >= 11 is 0. The van der Waals surface area contributed by atoms with Gasteiger partial charge in [-0.25, -0.2) is 0 Å². The zero-order chi connectivity index (χ0) is 11.3. The summed E-state index contributed by atoms with van der Waals surface area (Å²) in [6.45, 7) is 1.10. The van der Waals surface area contributed by atoms with E-state index in [0.29, 0.717) is 18.5 Å². The maximum absolute atomic E-state index is 11.0. The third kappa shape index (κ3) is 1.39. The van der Waals surface area contributed by atoms with E-state index in [9.17, 15) is 9.90 Å². The average molecular weight is 225 g/mol. The van der Waals surface area contributed by atoms with Gasteiger partial charge in [0.05, 0.1) is 12.0 Å². The Morgan fingerprint density at radius 3 is 2.75 bits per heavy atom. The van der Waals surface area contributed by atoms with Gasteiger partial charge in [0.15, 0.2) is 0 Å². The highest BCUT2D eigenvalue weighted by atomic mass is 16.4. The minimum absolute atomic E-state index is 0.208. The minimum atomic E-state index is -0.683. The van der Waals surface area contributed by atoms with Crippen molar-refractivity contribution < 1.29 is 15.0 Å². The van der Waals surface area contributed by atoms with E-state index in [1.165, 1.54) is 6.42 Å². The van der Waals surface area contributed by atoms with Crippen molar-refractivity contribution in [2.75, 3.05) is 6.54 Å². The van der Waals surface area contributed by atoms with Crippen LogP contribution in [0, 0.1) is 11.8 Å². The summed E-state index contributed by atoms with van der Waals surface area (Å²) < 4.78 is 0. The first-order valence-corrected chi connectivity index (χ1v) is 6.35. The molecule has 0 bridgehead atoms. The van der Waals surface area contributed by atoms with Gasteiger partial charge in [-0.15, -0.1) is 0 Å². The SMILES string of the molecule is O=C(O)[C@@H]1CC[C@@H]2[C@H](C1)[C@@H](O)[C@H]1CCCN12. The Bertz CT molecular complexity index is 307. The summed E-state index contributed by atoms with van der Waals surface area (Å²) in [5, 5.41) is 19.3. The van der Waals surface area contributed by atoms with Gasteiger partial charge in [0.25, 0.3) is 0 Å². The van der Waals surface area contributed by atoms with E-state index in [1.807, 2.05) is 0 Å². The molecule has 0 amide bonds. The molecule has 90 valence electrons. The van der Waals surface area contributed by atoms with Crippen LogP contribution in [0.2, 0.25) is 0 Å². The standard InChI is InChI=1S/C12H19NO3/c14-11-8-6-7(12(15)16)3-4-9(8)13-5-1-2-10(11)13/h7-11,14H,1-6H2,(H,15,16)/t7-,8+,9-,10-,11-/m1/s1. The van der Waals surface area contributed by atoms with Crippen LogP contribution in [0.1, 0.15) is 32.1 Å². The predicted octanol–water partition coefficient (Wildman–Crippen LogP) is 0.695. The molecule has 2 saturated heterocycles. The van der Waals surface area contributed by atoms with E-state index in [1.54, 1.807) is 0 Å². The van der Waals surface area contributed by atoms with Crippen LogP contribution < -0.4 is 0 Å². The molecule has 0 aromatic heterocycles. The van der Waals surface area contributed by atoms with Crippen LogP contribution in [-0.2, 0) is 4.79 Å². The van der Waals surface area contributed by atoms with Crippen molar-refractivity contribution in [1.29, 1.82) is 0 Å². The molecule has 2 N–H and O–H groups in total. The number of carboxylic acids is 1. The number of nitrogens with zero attached hydrogens (tertiary/aromatic N) is 1. The third-order valence-electron chi connectivity index (χ3n) is 4.81. The molecule has 5 atom stereocenters. The fourth-order valence-corrected chi connectivity index (χ4v) is 4.07. The smallest absolute Gasteiger partial charge is 0.306 e. The lowest BCUT2D eigenvalue weighted by Crippen LogP contribution is -2.39. The van der Waals surface area contributed by atoms with Crippen molar-refractivity contribution >= 4 is 5.97 Å². The number of rotatable bonds is 1. The van der Waals surface area contributed by atoms with Crippen molar-refractivity contribution in [3.05, 3.63) is 0 Å². The largest absolute Gasteiger partial charge is 0.481 e. The maximum atomic E-state index is 11.0.